The lowest BCUT2D eigenvalue weighted by Gasteiger charge is -2.41. The number of allylic oxidation sites excluding steroid dienone is 1. The molecule has 0 bridgehead atoms. The summed E-state index contributed by atoms with van der Waals surface area (Å²) in [5.41, 5.74) is 2.30. The SMILES string of the molecule is CC1O[C@@]12CC[C@H]1/C(=C/Br)CCC[C@@]12C. The molecule has 0 amide bonds. The van der Waals surface area contributed by atoms with E-state index >= 15 is 0 Å². The maximum absolute atomic E-state index is 5.99. The minimum absolute atomic E-state index is 0.249. The lowest BCUT2D eigenvalue weighted by atomic mass is 9.63. The van der Waals surface area contributed by atoms with Crippen LogP contribution in [0.3, 0.4) is 0 Å². The Kier molecular flexibility index (Phi) is 2.14. The predicted octanol–water partition coefficient (Wildman–Crippen LogP) is 4.02. The molecule has 0 radical (unpaired) electrons. The van der Waals surface area contributed by atoms with E-state index in [9.17, 15) is 0 Å². The van der Waals surface area contributed by atoms with Crippen molar-refractivity contribution in [2.45, 2.75) is 57.7 Å². The van der Waals surface area contributed by atoms with Crippen molar-refractivity contribution in [3.05, 3.63) is 10.6 Å². The second-order valence-electron chi connectivity index (χ2n) is 5.70. The minimum atomic E-state index is 0.249. The van der Waals surface area contributed by atoms with Crippen molar-refractivity contribution in [2.75, 3.05) is 0 Å². The van der Waals surface area contributed by atoms with Crippen LogP contribution in [0.1, 0.15) is 46.0 Å². The summed E-state index contributed by atoms with van der Waals surface area (Å²) in [5, 5.41) is 0. The Balaban J connectivity index is 1.98. The zero-order chi connectivity index (χ0) is 10.7. The number of hydrogen-bond donors (Lipinski definition) is 0. The van der Waals surface area contributed by atoms with Crippen LogP contribution in [-0.4, -0.2) is 11.7 Å². The van der Waals surface area contributed by atoms with Gasteiger partial charge in [0.25, 0.3) is 0 Å². The van der Waals surface area contributed by atoms with Gasteiger partial charge in [-0.2, -0.15) is 0 Å². The molecular formula is C13H19BrO. The Labute approximate surface area is 100 Å². The number of halogens is 1. The molecule has 3 rings (SSSR count). The van der Waals surface area contributed by atoms with Gasteiger partial charge in [-0.1, -0.05) is 28.4 Å². The quantitative estimate of drug-likeness (QED) is 0.606. The van der Waals surface area contributed by atoms with Gasteiger partial charge in [0.1, 0.15) is 5.60 Å². The number of epoxide rings is 1. The molecule has 1 aliphatic heterocycles. The molecule has 2 heteroatoms. The predicted molar refractivity (Wildman–Crippen MR) is 65.0 cm³/mol. The van der Waals surface area contributed by atoms with Crippen LogP contribution in [0, 0.1) is 11.3 Å². The summed E-state index contributed by atoms with van der Waals surface area (Å²) in [7, 11) is 0. The Hall–Kier alpha value is 0.180. The highest BCUT2D eigenvalue weighted by molar-refractivity contribution is 9.11. The molecule has 1 unspecified atom stereocenters. The molecule has 15 heavy (non-hydrogen) atoms. The second-order valence-corrected chi connectivity index (χ2v) is 6.15. The van der Waals surface area contributed by atoms with Crippen molar-refractivity contribution in [2.24, 2.45) is 11.3 Å². The minimum Gasteiger partial charge on any atom is -0.366 e. The van der Waals surface area contributed by atoms with E-state index < -0.39 is 0 Å². The van der Waals surface area contributed by atoms with Gasteiger partial charge in [0.05, 0.1) is 6.10 Å². The standard InChI is InChI=1S/C13H19BrO/c1-9-13(15-9)7-5-11-10(8-14)4-3-6-12(11,13)2/h8-9,11H,3-7H2,1-2H3/b10-8+/t9?,11-,12-,13-/m0/s1. The summed E-state index contributed by atoms with van der Waals surface area (Å²) in [6.07, 6.45) is 7.09. The molecule has 1 nitrogen and oxygen atoms in total. The summed E-state index contributed by atoms with van der Waals surface area (Å²) in [6.45, 7) is 4.71. The van der Waals surface area contributed by atoms with Crippen LogP contribution in [-0.2, 0) is 4.74 Å². The van der Waals surface area contributed by atoms with E-state index in [4.69, 9.17) is 4.74 Å². The van der Waals surface area contributed by atoms with E-state index in [1.54, 1.807) is 5.57 Å². The van der Waals surface area contributed by atoms with Gasteiger partial charge < -0.3 is 4.74 Å². The van der Waals surface area contributed by atoms with Crippen molar-refractivity contribution in [3.8, 4) is 0 Å². The number of ether oxygens (including phenoxy) is 1. The van der Waals surface area contributed by atoms with Gasteiger partial charge >= 0.3 is 0 Å². The Morgan fingerprint density at radius 1 is 1.47 bits per heavy atom. The first-order chi connectivity index (χ1) is 7.14. The Morgan fingerprint density at radius 2 is 2.20 bits per heavy atom. The van der Waals surface area contributed by atoms with Crippen LogP contribution in [0.4, 0.5) is 0 Å². The molecule has 0 aromatic heterocycles. The third kappa shape index (κ3) is 1.13. The van der Waals surface area contributed by atoms with Crippen LogP contribution < -0.4 is 0 Å². The van der Waals surface area contributed by atoms with E-state index in [0.717, 1.165) is 5.92 Å². The average molecular weight is 271 g/mol. The first kappa shape index (κ1) is 10.3. The molecule has 0 aromatic carbocycles. The zero-order valence-corrected chi connectivity index (χ0v) is 11.1. The topological polar surface area (TPSA) is 12.5 Å². The molecule has 1 spiro atoms. The summed E-state index contributed by atoms with van der Waals surface area (Å²) >= 11 is 3.54. The van der Waals surface area contributed by atoms with Crippen molar-refractivity contribution in [3.63, 3.8) is 0 Å². The van der Waals surface area contributed by atoms with Crippen LogP contribution in [0.25, 0.3) is 0 Å². The third-order valence-corrected chi connectivity index (χ3v) is 5.86. The van der Waals surface area contributed by atoms with E-state index in [1.165, 1.54) is 32.1 Å². The average Bonchev–Trinajstić information content (AvgIpc) is 2.78. The molecule has 84 valence electrons. The van der Waals surface area contributed by atoms with Crippen molar-refractivity contribution in [1.29, 1.82) is 0 Å². The fraction of sp³-hybridized carbons (Fsp3) is 0.846. The number of hydrogen-bond acceptors (Lipinski definition) is 1. The van der Waals surface area contributed by atoms with Gasteiger partial charge in [-0.3, -0.25) is 0 Å². The maximum atomic E-state index is 5.99. The molecule has 0 aromatic rings. The van der Waals surface area contributed by atoms with Gasteiger partial charge in [-0.05, 0) is 49.9 Å². The molecule has 3 aliphatic rings. The van der Waals surface area contributed by atoms with E-state index in [1.807, 2.05) is 0 Å². The molecule has 2 aliphatic carbocycles. The van der Waals surface area contributed by atoms with Crippen LogP contribution >= 0.6 is 15.9 Å². The first-order valence-electron chi connectivity index (χ1n) is 6.11. The maximum Gasteiger partial charge on any atom is 0.100 e. The normalized spacial score (nSPS) is 56.1. The van der Waals surface area contributed by atoms with Gasteiger partial charge in [0, 0.05) is 5.41 Å². The Bertz CT molecular complexity index is 324. The van der Waals surface area contributed by atoms with Crippen LogP contribution in [0.15, 0.2) is 10.6 Å². The highest BCUT2D eigenvalue weighted by atomic mass is 79.9. The first-order valence-corrected chi connectivity index (χ1v) is 7.02. The fourth-order valence-corrected chi connectivity index (χ4v) is 4.89. The van der Waals surface area contributed by atoms with Gasteiger partial charge in [-0.25, -0.2) is 0 Å². The summed E-state index contributed by atoms with van der Waals surface area (Å²) in [4.78, 5) is 2.18. The monoisotopic (exact) mass is 270 g/mol. The third-order valence-electron chi connectivity index (χ3n) is 5.28. The number of rotatable bonds is 0. The van der Waals surface area contributed by atoms with Gasteiger partial charge in [0.2, 0.25) is 0 Å². The molecule has 3 fully saturated rings. The molecular weight excluding hydrogens is 252 g/mol. The molecule has 1 heterocycles. The molecule has 2 saturated carbocycles. The van der Waals surface area contributed by atoms with E-state index in [2.05, 4.69) is 34.8 Å². The summed E-state index contributed by atoms with van der Waals surface area (Å²) < 4.78 is 5.99. The van der Waals surface area contributed by atoms with Crippen LogP contribution in [0.2, 0.25) is 0 Å². The van der Waals surface area contributed by atoms with Crippen molar-refractivity contribution in [1.82, 2.24) is 0 Å². The van der Waals surface area contributed by atoms with Gasteiger partial charge in [0.15, 0.2) is 0 Å². The largest absolute Gasteiger partial charge is 0.366 e. The summed E-state index contributed by atoms with van der Waals surface area (Å²) in [5.74, 6) is 0.774. The second kappa shape index (κ2) is 3.10. The fourth-order valence-electron chi connectivity index (χ4n) is 4.35. The number of fused-ring (bicyclic) bond motifs is 2. The Morgan fingerprint density at radius 3 is 2.80 bits per heavy atom. The highest BCUT2D eigenvalue weighted by Crippen LogP contribution is 2.68. The van der Waals surface area contributed by atoms with E-state index in [-0.39, 0.29) is 5.60 Å². The molecule has 1 saturated heterocycles. The lowest BCUT2D eigenvalue weighted by molar-refractivity contribution is 0.0946. The van der Waals surface area contributed by atoms with Crippen molar-refractivity contribution < 1.29 is 4.74 Å². The van der Waals surface area contributed by atoms with Crippen molar-refractivity contribution >= 4 is 15.9 Å². The summed E-state index contributed by atoms with van der Waals surface area (Å²) in [6, 6.07) is 0. The van der Waals surface area contributed by atoms with Crippen LogP contribution in [0.5, 0.6) is 0 Å². The smallest absolute Gasteiger partial charge is 0.100 e. The zero-order valence-electron chi connectivity index (χ0n) is 9.55. The van der Waals surface area contributed by atoms with Gasteiger partial charge in [-0.15, -0.1) is 0 Å². The highest BCUT2D eigenvalue weighted by Gasteiger charge is 2.70. The molecule has 0 N–H and O–H groups in total. The lowest BCUT2D eigenvalue weighted by Crippen LogP contribution is -2.39. The molecule has 4 atom stereocenters. The van der Waals surface area contributed by atoms with E-state index in [0.29, 0.717) is 11.5 Å².